The molecule has 1 fully saturated rings. The molecule has 8 amide bonds. The molecule has 7 atom stereocenters. The molecular formula is C32H52N10O14. The Morgan fingerprint density at radius 1 is 0.661 bits per heavy atom. The fourth-order valence-electron chi connectivity index (χ4n) is 5.53. The minimum Gasteiger partial charge on any atom is -0.481 e. The van der Waals surface area contributed by atoms with E-state index in [9.17, 15) is 63.0 Å². The first-order valence-electron chi connectivity index (χ1n) is 17.7. The van der Waals surface area contributed by atoms with Crippen LogP contribution >= 0.6 is 0 Å². The first-order chi connectivity index (χ1) is 26.2. The van der Waals surface area contributed by atoms with Gasteiger partial charge in [-0.15, -0.1) is 0 Å². The summed E-state index contributed by atoms with van der Waals surface area (Å²) in [4.78, 5) is 137. The maximum Gasteiger partial charge on any atom is 0.326 e. The van der Waals surface area contributed by atoms with Crippen molar-refractivity contribution in [1.29, 1.82) is 0 Å². The van der Waals surface area contributed by atoms with Gasteiger partial charge in [-0.1, -0.05) is 0 Å². The van der Waals surface area contributed by atoms with Gasteiger partial charge in [0.1, 0.15) is 36.3 Å². The zero-order chi connectivity index (χ0) is 42.7. The number of carboxylic acid groups (broad SMARTS) is 3. The summed E-state index contributed by atoms with van der Waals surface area (Å²) in [5, 5.41) is 39.1. The molecule has 24 heteroatoms. The molecule has 314 valence electrons. The standard InChI is InChI=1S/C32H52N10O14/c1-15(37-28(51)19(13-23(36)44)40-26(49)16(34)7-10-24(45)46)31(54)42-12-4-6-21(42)30(53)41-20(14-25(47)48)29(52)38-17(8-9-22(35)43)27(50)39-18(32(55)56)5-2-3-11-33/h15-21H,2-14,33-34H2,1H3,(H2,35,43)(H2,36,44)(H,37,51)(H,38,52)(H,39,50)(H,40,49)(H,41,53)(H,45,46)(H,47,48)(H,55,56)/t15-,16-,17-,18-,19-,20-,21-/m0/s1. The smallest absolute Gasteiger partial charge is 0.326 e. The molecule has 0 aromatic heterocycles. The van der Waals surface area contributed by atoms with Crippen LogP contribution in [0.15, 0.2) is 0 Å². The lowest BCUT2D eigenvalue weighted by Crippen LogP contribution is -2.59. The predicted molar refractivity (Wildman–Crippen MR) is 190 cm³/mol. The van der Waals surface area contributed by atoms with Crippen molar-refractivity contribution in [3.05, 3.63) is 0 Å². The van der Waals surface area contributed by atoms with Gasteiger partial charge in [0.25, 0.3) is 0 Å². The molecule has 1 saturated heterocycles. The van der Waals surface area contributed by atoms with Crippen LogP contribution in [0.2, 0.25) is 0 Å². The lowest BCUT2D eigenvalue weighted by atomic mass is 10.1. The number of nitrogens with zero attached hydrogens (tertiary/aromatic N) is 1. The van der Waals surface area contributed by atoms with E-state index in [4.69, 9.17) is 28.0 Å². The van der Waals surface area contributed by atoms with Gasteiger partial charge in [-0.05, 0) is 58.4 Å². The van der Waals surface area contributed by atoms with Gasteiger partial charge in [0, 0.05) is 19.4 Å². The van der Waals surface area contributed by atoms with E-state index >= 15 is 0 Å². The Kier molecular flexibility index (Phi) is 20.4. The van der Waals surface area contributed by atoms with Crippen molar-refractivity contribution in [3.8, 4) is 0 Å². The minimum absolute atomic E-state index is 0.0131. The van der Waals surface area contributed by atoms with Gasteiger partial charge in [-0.25, -0.2) is 4.79 Å². The van der Waals surface area contributed by atoms with Crippen LogP contribution in [-0.4, -0.2) is 141 Å². The SMILES string of the molecule is C[C@H](NC(=O)[C@H](CC(N)=O)NC(=O)[C@@H](N)CCC(=O)O)C(=O)N1CCC[C@H]1C(=O)N[C@@H](CC(=O)O)C(=O)N[C@@H](CCC(N)=O)C(=O)N[C@@H](CCCCN)C(=O)O. The Labute approximate surface area is 320 Å². The van der Waals surface area contributed by atoms with E-state index in [-0.39, 0.29) is 38.8 Å². The lowest BCUT2D eigenvalue weighted by Gasteiger charge is -2.29. The summed E-state index contributed by atoms with van der Waals surface area (Å²) in [5.74, 6) is -12.1. The van der Waals surface area contributed by atoms with Crippen LogP contribution in [-0.2, 0) is 52.7 Å². The average Bonchev–Trinajstić information content (AvgIpc) is 3.60. The highest BCUT2D eigenvalue weighted by molar-refractivity contribution is 5.99. The summed E-state index contributed by atoms with van der Waals surface area (Å²) in [6, 6.07) is -10.4. The van der Waals surface area contributed by atoms with Gasteiger partial charge in [-0.2, -0.15) is 0 Å². The molecule has 24 nitrogen and oxygen atoms in total. The molecule has 0 aromatic carbocycles. The number of nitrogens with one attached hydrogen (secondary N) is 5. The van der Waals surface area contributed by atoms with Crippen molar-refractivity contribution >= 4 is 65.2 Å². The summed E-state index contributed by atoms with van der Waals surface area (Å²) in [6.45, 7) is 1.49. The third kappa shape index (κ3) is 17.0. The Balaban J connectivity index is 3.12. The second-order valence-corrected chi connectivity index (χ2v) is 13.1. The van der Waals surface area contributed by atoms with Crippen LogP contribution in [0.4, 0.5) is 0 Å². The van der Waals surface area contributed by atoms with Crippen molar-refractivity contribution in [2.24, 2.45) is 22.9 Å². The number of aliphatic carboxylic acids is 3. The number of amides is 8. The van der Waals surface area contributed by atoms with Gasteiger partial charge in [0.15, 0.2) is 0 Å². The maximum atomic E-state index is 13.5. The van der Waals surface area contributed by atoms with Crippen LogP contribution in [0.5, 0.6) is 0 Å². The van der Waals surface area contributed by atoms with Gasteiger partial charge < -0.3 is 69.7 Å². The van der Waals surface area contributed by atoms with E-state index in [2.05, 4.69) is 26.6 Å². The number of unbranched alkanes of at least 4 members (excludes halogenated alkanes) is 1. The second-order valence-electron chi connectivity index (χ2n) is 13.1. The molecule has 0 bridgehead atoms. The van der Waals surface area contributed by atoms with Crippen molar-refractivity contribution in [2.75, 3.05) is 13.1 Å². The number of likely N-dealkylation sites (tertiary alicyclic amines) is 1. The molecule has 0 spiro atoms. The zero-order valence-electron chi connectivity index (χ0n) is 30.8. The highest BCUT2D eigenvalue weighted by atomic mass is 16.4. The topological polar surface area (TPSA) is 416 Å². The van der Waals surface area contributed by atoms with Crippen molar-refractivity contribution in [1.82, 2.24) is 31.5 Å². The third-order valence-electron chi connectivity index (χ3n) is 8.50. The number of hydrogen-bond acceptors (Lipinski definition) is 13. The Hall–Kier alpha value is -5.91. The number of nitrogens with two attached hydrogens (primary N) is 4. The number of hydrogen-bond donors (Lipinski definition) is 12. The number of rotatable bonds is 26. The van der Waals surface area contributed by atoms with Crippen LogP contribution in [0, 0.1) is 0 Å². The highest BCUT2D eigenvalue weighted by Gasteiger charge is 2.39. The predicted octanol–water partition coefficient (Wildman–Crippen LogP) is -5.56. The molecule has 0 radical (unpaired) electrons. The second kappa shape index (κ2) is 23.8. The first kappa shape index (κ1) is 48.1. The molecule has 1 aliphatic rings. The van der Waals surface area contributed by atoms with E-state index in [0.717, 1.165) is 4.90 Å². The first-order valence-corrected chi connectivity index (χ1v) is 17.7. The van der Waals surface area contributed by atoms with E-state index in [1.165, 1.54) is 6.92 Å². The molecular weight excluding hydrogens is 748 g/mol. The summed E-state index contributed by atoms with van der Waals surface area (Å²) in [5.41, 5.74) is 21.5. The van der Waals surface area contributed by atoms with E-state index in [1.54, 1.807) is 0 Å². The van der Waals surface area contributed by atoms with Gasteiger partial charge in [0.2, 0.25) is 47.3 Å². The number of primary amides is 2. The van der Waals surface area contributed by atoms with Crippen molar-refractivity contribution < 1.29 is 68.1 Å². The molecule has 0 unspecified atom stereocenters. The minimum atomic E-state index is -1.83. The molecule has 0 saturated carbocycles. The molecule has 16 N–H and O–H groups in total. The van der Waals surface area contributed by atoms with Crippen LogP contribution in [0.3, 0.4) is 0 Å². The third-order valence-corrected chi connectivity index (χ3v) is 8.50. The van der Waals surface area contributed by atoms with E-state index in [1.807, 2.05) is 0 Å². The quantitative estimate of drug-likeness (QED) is 0.0363. The summed E-state index contributed by atoms with van der Waals surface area (Å²) in [6.07, 6.45) is -2.23. The van der Waals surface area contributed by atoms with E-state index < -0.39 is 140 Å². The summed E-state index contributed by atoms with van der Waals surface area (Å²) in [7, 11) is 0. The number of carbonyl (C=O) groups excluding carboxylic acids is 8. The van der Waals surface area contributed by atoms with Crippen LogP contribution < -0.4 is 49.5 Å². The Morgan fingerprint density at radius 3 is 1.79 bits per heavy atom. The van der Waals surface area contributed by atoms with Gasteiger partial charge in [0.05, 0.1) is 18.9 Å². The molecule has 1 heterocycles. The summed E-state index contributed by atoms with van der Waals surface area (Å²) >= 11 is 0. The zero-order valence-corrected chi connectivity index (χ0v) is 30.8. The Bertz CT molecular complexity index is 1490. The normalized spacial score (nSPS) is 16.8. The van der Waals surface area contributed by atoms with E-state index in [0.29, 0.717) is 12.8 Å². The Morgan fingerprint density at radius 2 is 1.23 bits per heavy atom. The molecule has 0 aliphatic carbocycles. The molecule has 1 aliphatic heterocycles. The maximum absolute atomic E-state index is 13.5. The van der Waals surface area contributed by atoms with Gasteiger partial charge >= 0.3 is 17.9 Å². The lowest BCUT2D eigenvalue weighted by molar-refractivity contribution is -0.144. The molecule has 0 aromatic rings. The van der Waals surface area contributed by atoms with Crippen molar-refractivity contribution in [3.63, 3.8) is 0 Å². The summed E-state index contributed by atoms with van der Waals surface area (Å²) < 4.78 is 0. The molecule has 1 rings (SSSR count). The largest absolute Gasteiger partial charge is 0.481 e. The molecule has 56 heavy (non-hydrogen) atoms. The highest BCUT2D eigenvalue weighted by Crippen LogP contribution is 2.19. The number of carbonyl (C=O) groups is 11. The van der Waals surface area contributed by atoms with Crippen molar-refractivity contribution in [2.45, 2.75) is 120 Å². The number of carboxylic acids is 3. The fourth-order valence-corrected chi connectivity index (χ4v) is 5.53. The van der Waals surface area contributed by atoms with Crippen LogP contribution in [0.1, 0.15) is 77.6 Å². The monoisotopic (exact) mass is 800 g/mol. The van der Waals surface area contributed by atoms with Gasteiger partial charge in [-0.3, -0.25) is 47.9 Å². The average molecular weight is 801 g/mol. The fraction of sp³-hybridized carbons (Fsp3) is 0.656. The van der Waals surface area contributed by atoms with Crippen LogP contribution in [0.25, 0.3) is 0 Å².